The molecule has 0 saturated carbocycles. The Morgan fingerprint density at radius 3 is 2.77 bits per heavy atom. The lowest BCUT2D eigenvalue weighted by molar-refractivity contribution is 0.0383. The summed E-state index contributed by atoms with van der Waals surface area (Å²) in [5, 5.41) is 10.2. The summed E-state index contributed by atoms with van der Waals surface area (Å²) >= 11 is 0. The molecule has 0 radical (unpaired) electrons. The van der Waals surface area contributed by atoms with Gasteiger partial charge in [0.2, 0.25) is 0 Å². The molecule has 1 aliphatic heterocycles. The first kappa shape index (κ1) is 18.5. The number of nitrogens with zero attached hydrogens (tertiary/aromatic N) is 1. The summed E-state index contributed by atoms with van der Waals surface area (Å²) in [6.07, 6.45) is 3.00. The summed E-state index contributed by atoms with van der Waals surface area (Å²) in [7, 11) is 1.69. The molecule has 136 valence electrons. The number of aliphatic hydroxyl groups excluding tert-OH is 1. The second-order valence-corrected chi connectivity index (χ2v) is 7.17. The van der Waals surface area contributed by atoms with Crippen molar-refractivity contribution in [2.24, 2.45) is 5.41 Å². The molecule has 2 aromatic carbocycles. The molecule has 3 nitrogen and oxygen atoms in total. The fourth-order valence-electron chi connectivity index (χ4n) is 3.76. The highest BCUT2D eigenvalue weighted by Gasteiger charge is 2.34. The number of rotatable bonds is 5. The normalized spacial score (nSPS) is 20.2. The van der Waals surface area contributed by atoms with Crippen LogP contribution in [-0.2, 0) is 6.42 Å². The monoisotopic (exact) mass is 349 g/mol. The smallest absolute Gasteiger partial charge is 0.119 e. The fourth-order valence-corrected chi connectivity index (χ4v) is 3.76. The van der Waals surface area contributed by atoms with Gasteiger partial charge in [-0.3, -0.25) is 4.90 Å². The Morgan fingerprint density at radius 2 is 2.00 bits per heavy atom. The molecule has 0 aromatic heterocycles. The standard InChI is InChI=1S/C23H27NO2/c1-26-22-12-5-10-21(16-22)17-23(19-25)13-7-15-24(18-23)14-6-11-20-8-3-2-4-9-20/h2-5,8-10,12,16,25H,7,13-15,17-19H2,1H3/t23-/m1/s1. The van der Waals surface area contributed by atoms with E-state index >= 15 is 0 Å². The van der Waals surface area contributed by atoms with Crippen molar-refractivity contribution in [3.63, 3.8) is 0 Å². The third kappa shape index (κ3) is 4.88. The van der Waals surface area contributed by atoms with Gasteiger partial charge in [-0.05, 0) is 55.6 Å². The average Bonchev–Trinajstić information content (AvgIpc) is 2.69. The quantitative estimate of drug-likeness (QED) is 0.840. The van der Waals surface area contributed by atoms with Crippen LogP contribution in [0.15, 0.2) is 54.6 Å². The summed E-state index contributed by atoms with van der Waals surface area (Å²) in [4.78, 5) is 2.37. The Bertz CT molecular complexity index is 763. The van der Waals surface area contributed by atoms with Crippen molar-refractivity contribution in [2.75, 3.05) is 33.4 Å². The maximum Gasteiger partial charge on any atom is 0.119 e. The summed E-state index contributed by atoms with van der Waals surface area (Å²) in [5.41, 5.74) is 2.17. The van der Waals surface area contributed by atoms with Gasteiger partial charge in [0, 0.05) is 17.5 Å². The first-order valence-electron chi connectivity index (χ1n) is 9.23. The second-order valence-electron chi connectivity index (χ2n) is 7.17. The Labute approximate surface area is 156 Å². The number of hydrogen-bond acceptors (Lipinski definition) is 3. The highest BCUT2D eigenvalue weighted by Crippen LogP contribution is 2.34. The molecule has 1 atom stereocenters. The molecule has 0 amide bonds. The van der Waals surface area contributed by atoms with Crippen molar-refractivity contribution in [1.29, 1.82) is 0 Å². The molecule has 0 unspecified atom stereocenters. The second kappa shape index (κ2) is 8.89. The van der Waals surface area contributed by atoms with E-state index in [1.807, 2.05) is 42.5 Å². The van der Waals surface area contributed by atoms with Gasteiger partial charge in [0.15, 0.2) is 0 Å². The average molecular weight is 349 g/mol. The van der Waals surface area contributed by atoms with Crippen LogP contribution < -0.4 is 4.74 Å². The van der Waals surface area contributed by atoms with Gasteiger partial charge in [-0.1, -0.05) is 42.2 Å². The topological polar surface area (TPSA) is 32.7 Å². The predicted octanol–water partition coefficient (Wildman–Crippen LogP) is 3.36. The van der Waals surface area contributed by atoms with Crippen LogP contribution in [0.25, 0.3) is 0 Å². The number of benzene rings is 2. The van der Waals surface area contributed by atoms with Crippen LogP contribution >= 0.6 is 0 Å². The van der Waals surface area contributed by atoms with Crippen LogP contribution in [0, 0.1) is 17.3 Å². The summed E-state index contributed by atoms with van der Waals surface area (Å²) in [5.74, 6) is 7.39. The molecular weight excluding hydrogens is 322 g/mol. The molecule has 1 aliphatic rings. The predicted molar refractivity (Wildman–Crippen MR) is 105 cm³/mol. The number of likely N-dealkylation sites (tertiary alicyclic amines) is 1. The van der Waals surface area contributed by atoms with Gasteiger partial charge in [0.1, 0.15) is 5.75 Å². The number of hydrogen-bond donors (Lipinski definition) is 1. The van der Waals surface area contributed by atoms with Crippen molar-refractivity contribution in [1.82, 2.24) is 4.90 Å². The minimum Gasteiger partial charge on any atom is -0.497 e. The zero-order valence-corrected chi connectivity index (χ0v) is 15.4. The maximum absolute atomic E-state index is 10.2. The molecular formula is C23H27NO2. The molecule has 1 N–H and O–H groups in total. The molecule has 1 saturated heterocycles. The third-order valence-corrected chi connectivity index (χ3v) is 5.10. The van der Waals surface area contributed by atoms with Crippen molar-refractivity contribution >= 4 is 0 Å². The van der Waals surface area contributed by atoms with Gasteiger partial charge >= 0.3 is 0 Å². The fraction of sp³-hybridized carbons (Fsp3) is 0.391. The summed E-state index contributed by atoms with van der Waals surface area (Å²) < 4.78 is 5.34. The Hall–Kier alpha value is -2.28. The number of methoxy groups -OCH3 is 1. The van der Waals surface area contributed by atoms with Crippen LogP contribution in [0.3, 0.4) is 0 Å². The van der Waals surface area contributed by atoms with E-state index in [9.17, 15) is 5.11 Å². The van der Waals surface area contributed by atoms with Crippen molar-refractivity contribution in [2.45, 2.75) is 19.3 Å². The Balaban J connectivity index is 1.65. The Kier molecular flexibility index (Phi) is 6.33. The van der Waals surface area contributed by atoms with Gasteiger partial charge in [-0.15, -0.1) is 0 Å². The minimum atomic E-state index is -0.0982. The lowest BCUT2D eigenvalue weighted by Gasteiger charge is -2.41. The van der Waals surface area contributed by atoms with Gasteiger partial charge in [0.25, 0.3) is 0 Å². The molecule has 1 fully saturated rings. The maximum atomic E-state index is 10.2. The highest BCUT2D eigenvalue weighted by atomic mass is 16.5. The number of ether oxygens (including phenoxy) is 1. The molecule has 1 heterocycles. The van der Waals surface area contributed by atoms with Gasteiger partial charge in [0.05, 0.1) is 20.3 Å². The summed E-state index contributed by atoms with van der Waals surface area (Å²) in [6, 6.07) is 18.3. The van der Waals surface area contributed by atoms with E-state index in [1.54, 1.807) is 7.11 Å². The van der Waals surface area contributed by atoms with Gasteiger partial charge in [-0.25, -0.2) is 0 Å². The molecule has 3 heteroatoms. The van der Waals surface area contributed by atoms with Crippen LogP contribution in [0.1, 0.15) is 24.0 Å². The van der Waals surface area contributed by atoms with Crippen molar-refractivity contribution in [3.05, 3.63) is 65.7 Å². The van der Waals surface area contributed by atoms with E-state index < -0.39 is 0 Å². The van der Waals surface area contributed by atoms with Crippen molar-refractivity contribution < 1.29 is 9.84 Å². The molecule has 26 heavy (non-hydrogen) atoms. The molecule has 0 spiro atoms. The number of aliphatic hydroxyl groups is 1. The third-order valence-electron chi connectivity index (χ3n) is 5.10. The van der Waals surface area contributed by atoms with E-state index in [2.05, 4.69) is 28.9 Å². The van der Waals surface area contributed by atoms with E-state index in [4.69, 9.17) is 4.74 Å². The van der Waals surface area contributed by atoms with Crippen LogP contribution in [0.2, 0.25) is 0 Å². The first-order valence-corrected chi connectivity index (χ1v) is 9.23. The SMILES string of the molecule is COc1cccc(C[C@]2(CO)CCCN(CC#Cc3ccccc3)C2)c1. The summed E-state index contributed by atoms with van der Waals surface area (Å²) in [6.45, 7) is 2.87. The lowest BCUT2D eigenvalue weighted by Crippen LogP contribution is -2.46. The van der Waals surface area contributed by atoms with E-state index in [-0.39, 0.29) is 12.0 Å². The minimum absolute atomic E-state index is 0.0982. The van der Waals surface area contributed by atoms with Gasteiger partial charge < -0.3 is 9.84 Å². The van der Waals surface area contributed by atoms with Gasteiger partial charge in [-0.2, -0.15) is 0 Å². The van der Waals surface area contributed by atoms with Crippen LogP contribution in [0.5, 0.6) is 5.75 Å². The molecule has 0 aliphatic carbocycles. The van der Waals surface area contributed by atoms with Crippen LogP contribution in [-0.4, -0.2) is 43.4 Å². The first-order chi connectivity index (χ1) is 12.7. The van der Waals surface area contributed by atoms with E-state index in [1.165, 1.54) is 5.56 Å². The van der Waals surface area contributed by atoms with E-state index in [0.717, 1.165) is 50.2 Å². The Morgan fingerprint density at radius 1 is 1.15 bits per heavy atom. The zero-order chi connectivity index (χ0) is 18.2. The zero-order valence-electron chi connectivity index (χ0n) is 15.4. The lowest BCUT2D eigenvalue weighted by atomic mass is 9.75. The van der Waals surface area contributed by atoms with Crippen LogP contribution in [0.4, 0.5) is 0 Å². The van der Waals surface area contributed by atoms with Crippen molar-refractivity contribution in [3.8, 4) is 17.6 Å². The molecule has 2 aromatic rings. The number of piperidine rings is 1. The largest absolute Gasteiger partial charge is 0.497 e. The highest BCUT2D eigenvalue weighted by molar-refractivity contribution is 5.34. The molecule has 0 bridgehead atoms. The molecule has 3 rings (SSSR count). The van der Waals surface area contributed by atoms with E-state index in [0.29, 0.717) is 0 Å².